The summed E-state index contributed by atoms with van der Waals surface area (Å²) in [5.41, 5.74) is 1.84. The minimum absolute atomic E-state index is 0.642. The molecule has 1 atom stereocenters. The van der Waals surface area contributed by atoms with E-state index in [0.29, 0.717) is 5.75 Å². The van der Waals surface area contributed by atoms with Crippen molar-refractivity contribution in [3.63, 3.8) is 0 Å². The topological polar surface area (TPSA) is 47.3 Å². The first kappa shape index (κ1) is 13.1. The maximum Gasteiger partial charge on any atom is 0.163 e. The second-order valence-electron chi connectivity index (χ2n) is 4.19. The molecule has 1 unspecified atom stereocenters. The van der Waals surface area contributed by atoms with Crippen LogP contribution >= 0.6 is 11.3 Å². The molecule has 0 aromatic carbocycles. The fourth-order valence-electron chi connectivity index (χ4n) is 1.99. The van der Waals surface area contributed by atoms with Crippen molar-refractivity contribution in [3.05, 3.63) is 33.8 Å². The van der Waals surface area contributed by atoms with Crippen molar-refractivity contribution in [1.82, 2.24) is 9.78 Å². The van der Waals surface area contributed by atoms with Gasteiger partial charge in [0.05, 0.1) is 13.3 Å². The number of ether oxygens (including phenoxy) is 1. The lowest BCUT2D eigenvalue weighted by molar-refractivity contribution is 0.205. The van der Waals surface area contributed by atoms with Gasteiger partial charge < -0.3 is 9.84 Å². The lowest BCUT2D eigenvalue weighted by Crippen LogP contribution is -2.11. The van der Waals surface area contributed by atoms with E-state index in [1.54, 1.807) is 24.6 Å². The summed E-state index contributed by atoms with van der Waals surface area (Å²) in [7, 11) is 1.60. The Balaban J connectivity index is 2.42. The van der Waals surface area contributed by atoms with Gasteiger partial charge in [0.2, 0.25) is 0 Å². The van der Waals surface area contributed by atoms with E-state index >= 15 is 0 Å². The number of nitrogens with zero attached hydrogens (tertiary/aromatic N) is 2. The second-order valence-corrected chi connectivity index (χ2v) is 5.14. The molecular formula is C13H18N2O2S. The van der Waals surface area contributed by atoms with Gasteiger partial charge in [0, 0.05) is 11.4 Å². The molecule has 2 aromatic heterocycles. The van der Waals surface area contributed by atoms with Crippen LogP contribution in [0.25, 0.3) is 0 Å². The van der Waals surface area contributed by atoms with Crippen LogP contribution in [0.2, 0.25) is 0 Å². The molecule has 0 aliphatic rings. The maximum atomic E-state index is 10.5. The van der Waals surface area contributed by atoms with Gasteiger partial charge in [0.1, 0.15) is 11.8 Å². The number of methoxy groups -OCH3 is 1. The predicted molar refractivity (Wildman–Crippen MR) is 72.2 cm³/mol. The minimum atomic E-state index is -0.672. The third-order valence-corrected chi connectivity index (χ3v) is 3.98. The van der Waals surface area contributed by atoms with Crippen molar-refractivity contribution in [2.75, 3.05) is 7.11 Å². The molecule has 0 amide bonds. The van der Waals surface area contributed by atoms with Crippen molar-refractivity contribution >= 4 is 11.3 Å². The molecule has 0 fully saturated rings. The van der Waals surface area contributed by atoms with Crippen LogP contribution in [-0.2, 0) is 6.54 Å². The first-order chi connectivity index (χ1) is 8.69. The summed E-state index contributed by atoms with van der Waals surface area (Å²) in [5, 5.41) is 16.8. The zero-order valence-electron chi connectivity index (χ0n) is 10.9. The monoisotopic (exact) mass is 266 g/mol. The molecule has 98 valence electrons. The Morgan fingerprint density at radius 1 is 1.56 bits per heavy atom. The Morgan fingerprint density at radius 3 is 2.89 bits per heavy atom. The molecule has 2 aromatic rings. The van der Waals surface area contributed by atoms with Crippen LogP contribution in [0.4, 0.5) is 0 Å². The molecule has 0 spiro atoms. The molecule has 0 aliphatic heterocycles. The van der Waals surface area contributed by atoms with E-state index in [1.807, 2.05) is 23.1 Å². The first-order valence-corrected chi connectivity index (χ1v) is 6.88. The summed E-state index contributed by atoms with van der Waals surface area (Å²) in [6.45, 7) is 4.86. The van der Waals surface area contributed by atoms with E-state index in [9.17, 15) is 5.11 Å². The van der Waals surface area contributed by atoms with Gasteiger partial charge in [-0.15, -0.1) is 11.3 Å². The van der Waals surface area contributed by atoms with Gasteiger partial charge in [-0.1, -0.05) is 6.92 Å². The number of aryl methyl sites for hydroxylation is 2. The molecule has 0 aliphatic carbocycles. The lowest BCUT2D eigenvalue weighted by atomic mass is 10.1. The Hall–Kier alpha value is -1.33. The largest absolute Gasteiger partial charge is 0.493 e. The number of hydrogen-bond donors (Lipinski definition) is 1. The summed E-state index contributed by atoms with van der Waals surface area (Å²) in [6, 6.07) is 2.01. The highest BCUT2D eigenvalue weighted by Crippen LogP contribution is 2.34. The molecule has 1 N–H and O–H groups in total. The van der Waals surface area contributed by atoms with Crippen LogP contribution < -0.4 is 4.74 Å². The molecule has 0 saturated carbocycles. The molecule has 4 nitrogen and oxygen atoms in total. The average Bonchev–Trinajstić information content (AvgIpc) is 2.95. The quantitative estimate of drug-likeness (QED) is 0.905. The molecule has 0 radical (unpaired) electrons. The van der Waals surface area contributed by atoms with E-state index in [0.717, 1.165) is 29.1 Å². The third-order valence-electron chi connectivity index (χ3n) is 2.91. The van der Waals surface area contributed by atoms with Gasteiger partial charge in [-0.05, 0) is 30.4 Å². The van der Waals surface area contributed by atoms with Crippen LogP contribution in [0.5, 0.6) is 5.75 Å². The number of aliphatic hydroxyl groups excluding tert-OH is 1. The van der Waals surface area contributed by atoms with Crippen LogP contribution in [0.1, 0.15) is 35.6 Å². The molecule has 2 heterocycles. The maximum absolute atomic E-state index is 10.5. The van der Waals surface area contributed by atoms with Gasteiger partial charge >= 0.3 is 0 Å². The van der Waals surface area contributed by atoms with Gasteiger partial charge in [-0.25, -0.2) is 0 Å². The highest BCUT2D eigenvalue weighted by Gasteiger charge is 2.23. The van der Waals surface area contributed by atoms with Gasteiger partial charge in [-0.3, -0.25) is 4.68 Å². The van der Waals surface area contributed by atoms with Crippen molar-refractivity contribution in [2.45, 2.75) is 32.9 Å². The zero-order valence-corrected chi connectivity index (χ0v) is 11.7. The molecule has 18 heavy (non-hydrogen) atoms. The van der Waals surface area contributed by atoms with E-state index in [-0.39, 0.29) is 0 Å². The Labute approximate surface area is 111 Å². The van der Waals surface area contributed by atoms with Crippen molar-refractivity contribution in [1.29, 1.82) is 0 Å². The molecule has 0 saturated heterocycles. The fraction of sp³-hybridized carbons (Fsp3) is 0.462. The normalized spacial score (nSPS) is 12.7. The average molecular weight is 266 g/mol. The van der Waals surface area contributed by atoms with E-state index < -0.39 is 6.10 Å². The van der Waals surface area contributed by atoms with E-state index in [2.05, 4.69) is 12.0 Å². The van der Waals surface area contributed by atoms with Crippen LogP contribution in [0.3, 0.4) is 0 Å². The van der Waals surface area contributed by atoms with Gasteiger partial charge in [-0.2, -0.15) is 5.10 Å². The standard InChI is InChI=1S/C13H18N2O2S/c1-4-6-15-11(10(17-3)8-14-15)12(16)13-9(2)5-7-18-13/h5,7-8,12,16H,4,6H2,1-3H3. The van der Waals surface area contributed by atoms with Crippen LogP contribution in [0, 0.1) is 6.92 Å². The summed E-state index contributed by atoms with van der Waals surface area (Å²) in [5.74, 6) is 0.642. The Bertz CT molecular complexity index is 519. The predicted octanol–water partition coefficient (Wildman–Crippen LogP) is 2.75. The molecule has 0 bridgehead atoms. The van der Waals surface area contributed by atoms with E-state index in [1.165, 1.54) is 0 Å². The Morgan fingerprint density at radius 2 is 2.33 bits per heavy atom. The number of rotatable bonds is 5. The van der Waals surface area contributed by atoms with Crippen molar-refractivity contribution < 1.29 is 9.84 Å². The fourth-order valence-corrected chi connectivity index (χ4v) is 2.90. The summed E-state index contributed by atoms with van der Waals surface area (Å²) in [4.78, 5) is 0.950. The smallest absolute Gasteiger partial charge is 0.163 e. The van der Waals surface area contributed by atoms with Crippen LogP contribution in [-0.4, -0.2) is 22.0 Å². The van der Waals surface area contributed by atoms with Gasteiger partial charge in [0.25, 0.3) is 0 Å². The lowest BCUT2D eigenvalue weighted by Gasteiger charge is -2.14. The zero-order chi connectivity index (χ0) is 13.1. The minimum Gasteiger partial charge on any atom is -0.493 e. The highest BCUT2D eigenvalue weighted by atomic mass is 32.1. The summed E-state index contributed by atoms with van der Waals surface area (Å²) < 4.78 is 7.11. The van der Waals surface area contributed by atoms with E-state index in [4.69, 9.17) is 4.74 Å². The number of aromatic nitrogens is 2. The highest BCUT2D eigenvalue weighted by molar-refractivity contribution is 7.10. The SMILES string of the molecule is CCCn1ncc(OC)c1C(O)c1sccc1C. The van der Waals surface area contributed by atoms with Gasteiger partial charge in [0.15, 0.2) is 5.75 Å². The summed E-state index contributed by atoms with van der Waals surface area (Å²) in [6.07, 6.45) is 1.96. The molecule has 5 heteroatoms. The summed E-state index contributed by atoms with van der Waals surface area (Å²) >= 11 is 1.56. The Kier molecular flexibility index (Phi) is 4.04. The van der Waals surface area contributed by atoms with Crippen LogP contribution in [0.15, 0.2) is 17.6 Å². The first-order valence-electron chi connectivity index (χ1n) is 6.00. The van der Waals surface area contributed by atoms with Crippen molar-refractivity contribution in [3.8, 4) is 5.75 Å². The second kappa shape index (κ2) is 5.54. The van der Waals surface area contributed by atoms with Crippen molar-refractivity contribution in [2.24, 2.45) is 0 Å². The molecular weight excluding hydrogens is 248 g/mol. The third kappa shape index (κ3) is 2.28. The number of aliphatic hydroxyl groups is 1. The number of thiophene rings is 1. The molecule has 2 rings (SSSR count). The number of hydrogen-bond acceptors (Lipinski definition) is 4.